The van der Waals surface area contributed by atoms with Gasteiger partial charge in [-0.15, -0.1) is 0 Å². The molecule has 2 nitrogen and oxygen atoms in total. The van der Waals surface area contributed by atoms with Crippen molar-refractivity contribution >= 4 is 75.4 Å². The molecule has 70 heavy (non-hydrogen) atoms. The number of hydrogen-bond donors (Lipinski definition) is 0. The van der Waals surface area contributed by atoms with Crippen LogP contribution in [0.4, 0.5) is 0 Å². The van der Waals surface area contributed by atoms with Crippen LogP contribution in [0.2, 0.25) is 0 Å². The molecule has 0 saturated heterocycles. The lowest BCUT2D eigenvalue weighted by Crippen LogP contribution is -1.99. The van der Waals surface area contributed by atoms with E-state index in [0.717, 1.165) is 50.5 Å². The van der Waals surface area contributed by atoms with Crippen LogP contribution in [0.1, 0.15) is 0 Å². The number of ether oxygens (including phenoxy) is 2. The normalized spacial score (nSPS) is 12.5. The van der Waals surface area contributed by atoms with Gasteiger partial charge in [0, 0.05) is 21.9 Å². The molecule has 0 atom stereocenters. The molecule has 0 amide bonds. The molecule has 2 heteroatoms. The Labute approximate surface area is 403 Å². The minimum absolute atomic E-state index is 0.872. The SMILES string of the molecule is c1ccc2c(c1)Oc1ccc(-c3cc(-c4ccc5ccccc5c4)c4ccc5c(-c6ccc7c(c6)Oc6cccc8cccc-7c68)cc(-c6ccc7ccccc7c6)c6ccc3c4c56)c3cccc-2c13. The van der Waals surface area contributed by atoms with Crippen LogP contribution in [0.5, 0.6) is 23.0 Å². The molecule has 0 aromatic heterocycles. The summed E-state index contributed by atoms with van der Waals surface area (Å²) in [5, 5.41) is 17.0. The van der Waals surface area contributed by atoms with Gasteiger partial charge in [0.15, 0.2) is 0 Å². The lowest BCUT2D eigenvalue weighted by molar-refractivity contribution is 0.487. The molecule has 0 radical (unpaired) electrons. The molecule has 0 aliphatic carbocycles. The van der Waals surface area contributed by atoms with E-state index in [0.29, 0.717) is 0 Å². The molecular formula is C68H38O2. The molecule has 2 aliphatic rings. The topological polar surface area (TPSA) is 18.5 Å². The van der Waals surface area contributed by atoms with E-state index in [1.165, 1.54) is 115 Å². The Hall–Kier alpha value is -9.24. The molecule has 14 aromatic carbocycles. The van der Waals surface area contributed by atoms with E-state index >= 15 is 0 Å². The summed E-state index contributed by atoms with van der Waals surface area (Å²) >= 11 is 0. The quantitative estimate of drug-likeness (QED) is 0.164. The minimum atomic E-state index is 0.872. The van der Waals surface area contributed by atoms with Crippen LogP contribution in [0.3, 0.4) is 0 Å². The molecule has 2 aliphatic heterocycles. The van der Waals surface area contributed by atoms with E-state index in [1.54, 1.807) is 0 Å². The van der Waals surface area contributed by atoms with Crippen LogP contribution >= 0.6 is 0 Å². The summed E-state index contributed by atoms with van der Waals surface area (Å²) in [6.45, 7) is 0. The summed E-state index contributed by atoms with van der Waals surface area (Å²) in [4.78, 5) is 0. The van der Waals surface area contributed by atoms with Crippen molar-refractivity contribution in [1.82, 2.24) is 0 Å². The monoisotopic (exact) mass is 886 g/mol. The van der Waals surface area contributed by atoms with Gasteiger partial charge in [0.25, 0.3) is 0 Å². The Bertz CT molecular complexity index is 4590. The van der Waals surface area contributed by atoms with Gasteiger partial charge in [-0.3, -0.25) is 0 Å². The zero-order chi connectivity index (χ0) is 45.6. The summed E-state index contributed by atoms with van der Waals surface area (Å²) in [5.41, 5.74) is 14.1. The van der Waals surface area contributed by atoms with Crippen molar-refractivity contribution in [3.63, 3.8) is 0 Å². The second-order valence-corrected chi connectivity index (χ2v) is 19.0. The Morgan fingerprint density at radius 3 is 1.33 bits per heavy atom. The molecule has 0 N–H and O–H groups in total. The van der Waals surface area contributed by atoms with Gasteiger partial charge in [0.1, 0.15) is 23.0 Å². The zero-order valence-electron chi connectivity index (χ0n) is 37.8. The van der Waals surface area contributed by atoms with Gasteiger partial charge in [0.05, 0.1) is 0 Å². The Kier molecular flexibility index (Phi) is 7.64. The van der Waals surface area contributed by atoms with E-state index in [1.807, 2.05) is 6.07 Å². The molecule has 322 valence electrons. The van der Waals surface area contributed by atoms with Gasteiger partial charge in [-0.25, -0.2) is 0 Å². The van der Waals surface area contributed by atoms with Crippen LogP contribution in [-0.4, -0.2) is 0 Å². The fraction of sp³-hybridized carbons (Fsp3) is 0. The van der Waals surface area contributed by atoms with Gasteiger partial charge in [-0.05, 0) is 175 Å². The molecule has 16 rings (SSSR count). The second kappa shape index (κ2) is 14.1. The Morgan fingerprint density at radius 1 is 0.186 bits per heavy atom. The number of fused-ring (bicyclic) bond motifs is 6. The number of para-hydroxylation sites is 1. The molecule has 0 saturated carbocycles. The standard InChI is InChI=1S/C68H38O2/c1-3-12-42-34-44(24-22-39(42)10-1)57-37-58(46-26-27-49-51-17-7-14-41-15-8-21-62(65(41)51)70-64(49)36-46)54-28-29-55-59(45-25-23-40-11-2-4-13-43(40)35-45)38-60(56-31-30-53(57)67(54)68(55)56)47-32-33-63-66-50(47)18-9-19-52(66)48-16-5-6-20-61(48)69-63/h1-38H. The summed E-state index contributed by atoms with van der Waals surface area (Å²) in [5.74, 6) is 3.55. The lowest BCUT2D eigenvalue weighted by atomic mass is 9.80. The van der Waals surface area contributed by atoms with Crippen molar-refractivity contribution < 1.29 is 9.47 Å². The third kappa shape index (κ3) is 5.33. The smallest absolute Gasteiger partial charge is 0.135 e. The third-order valence-electron chi connectivity index (χ3n) is 15.4. The highest BCUT2D eigenvalue weighted by Gasteiger charge is 2.26. The molecule has 2 heterocycles. The maximum atomic E-state index is 6.83. The molecule has 0 spiro atoms. The van der Waals surface area contributed by atoms with Crippen LogP contribution in [0.15, 0.2) is 231 Å². The largest absolute Gasteiger partial charge is 0.456 e. The summed E-state index contributed by atoms with van der Waals surface area (Å²) in [6.07, 6.45) is 0. The fourth-order valence-corrected chi connectivity index (χ4v) is 12.2. The lowest BCUT2D eigenvalue weighted by Gasteiger charge is -2.25. The molecular weight excluding hydrogens is 849 g/mol. The molecule has 0 bridgehead atoms. The van der Waals surface area contributed by atoms with E-state index in [2.05, 4.69) is 224 Å². The van der Waals surface area contributed by atoms with E-state index in [4.69, 9.17) is 9.47 Å². The molecule has 0 fully saturated rings. The van der Waals surface area contributed by atoms with Crippen molar-refractivity contribution in [3.8, 4) is 89.8 Å². The van der Waals surface area contributed by atoms with Gasteiger partial charge >= 0.3 is 0 Å². The average molecular weight is 887 g/mol. The maximum absolute atomic E-state index is 6.83. The van der Waals surface area contributed by atoms with E-state index < -0.39 is 0 Å². The van der Waals surface area contributed by atoms with E-state index in [9.17, 15) is 0 Å². The summed E-state index contributed by atoms with van der Waals surface area (Å²) in [6, 6.07) is 84.9. The molecule has 14 aromatic rings. The number of rotatable bonds is 4. The third-order valence-corrected chi connectivity index (χ3v) is 15.4. The maximum Gasteiger partial charge on any atom is 0.135 e. The second-order valence-electron chi connectivity index (χ2n) is 19.0. The van der Waals surface area contributed by atoms with Crippen LogP contribution in [0, 0.1) is 0 Å². The van der Waals surface area contributed by atoms with Gasteiger partial charge < -0.3 is 9.47 Å². The van der Waals surface area contributed by atoms with E-state index in [-0.39, 0.29) is 0 Å². The van der Waals surface area contributed by atoms with Crippen molar-refractivity contribution in [2.75, 3.05) is 0 Å². The van der Waals surface area contributed by atoms with Gasteiger partial charge in [-0.2, -0.15) is 0 Å². The summed E-state index contributed by atoms with van der Waals surface area (Å²) in [7, 11) is 0. The Balaban J connectivity index is 1.02. The van der Waals surface area contributed by atoms with Crippen molar-refractivity contribution in [1.29, 1.82) is 0 Å². The van der Waals surface area contributed by atoms with Crippen molar-refractivity contribution in [2.45, 2.75) is 0 Å². The zero-order valence-corrected chi connectivity index (χ0v) is 37.8. The average Bonchev–Trinajstić information content (AvgIpc) is 3.42. The number of benzene rings is 14. The van der Waals surface area contributed by atoms with Crippen molar-refractivity contribution in [2.24, 2.45) is 0 Å². The highest BCUT2D eigenvalue weighted by atomic mass is 16.5. The highest BCUT2D eigenvalue weighted by molar-refractivity contribution is 6.33. The van der Waals surface area contributed by atoms with Crippen LogP contribution < -0.4 is 9.47 Å². The number of hydrogen-bond acceptors (Lipinski definition) is 2. The van der Waals surface area contributed by atoms with Crippen molar-refractivity contribution in [3.05, 3.63) is 231 Å². The van der Waals surface area contributed by atoms with Gasteiger partial charge in [-0.1, -0.05) is 176 Å². The van der Waals surface area contributed by atoms with Crippen LogP contribution in [0.25, 0.3) is 142 Å². The molecule has 0 unspecified atom stereocenters. The first kappa shape index (κ1) is 37.8. The predicted molar refractivity (Wildman–Crippen MR) is 293 cm³/mol. The first-order chi connectivity index (χ1) is 34.7. The van der Waals surface area contributed by atoms with Crippen LogP contribution in [-0.2, 0) is 0 Å². The summed E-state index contributed by atoms with van der Waals surface area (Å²) < 4.78 is 13.5. The fourth-order valence-electron chi connectivity index (χ4n) is 12.2. The predicted octanol–water partition coefficient (Wildman–Crippen LogP) is 19.4. The van der Waals surface area contributed by atoms with Gasteiger partial charge in [0.2, 0.25) is 0 Å². The Morgan fingerprint density at radius 2 is 0.629 bits per heavy atom. The minimum Gasteiger partial charge on any atom is -0.456 e. The highest BCUT2D eigenvalue weighted by Crippen LogP contribution is 2.54. The first-order valence-corrected chi connectivity index (χ1v) is 24.1. The first-order valence-electron chi connectivity index (χ1n) is 24.1.